The lowest BCUT2D eigenvalue weighted by Gasteiger charge is -2.32. The number of aromatic amines is 1. The molecule has 4 heterocycles. The summed E-state index contributed by atoms with van der Waals surface area (Å²) in [4.78, 5) is 27.2. The summed E-state index contributed by atoms with van der Waals surface area (Å²) in [6, 6.07) is 14.3. The molecule has 2 N–H and O–H groups in total. The largest absolute Gasteiger partial charge is 0.495 e. The molecule has 7 nitrogen and oxygen atoms in total. The number of hydrogen-bond acceptors (Lipinski definition) is 6. The van der Waals surface area contributed by atoms with Gasteiger partial charge in [-0.3, -0.25) is 9.78 Å². The first-order valence-corrected chi connectivity index (χ1v) is 13.3. The van der Waals surface area contributed by atoms with E-state index in [0.717, 1.165) is 16.6 Å². The molecular weight excluding hydrogens is 462 g/mol. The SMILES string of the molecule is CCCCCN1CCC(c2ccc(Nc3nc(-c4cncc(OC)c4)cc4cc[nH]c(=O)c34)cc2)CC1. The molecular formula is C30H35N5O2. The second-order valence-corrected chi connectivity index (χ2v) is 9.81. The lowest BCUT2D eigenvalue weighted by molar-refractivity contribution is 0.208. The molecule has 0 amide bonds. The third kappa shape index (κ3) is 5.83. The summed E-state index contributed by atoms with van der Waals surface area (Å²) in [6.07, 6.45) is 11.4. The highest BCUT2D eigenvalue weighted by molar-refractivity contribution is 5.95. The predicted molar refractivity (Wildman–Crippen MR) is 150 cm³/mol. The molecule has 0 aliphatic carbocycles. The maximum absolute atomic E-state index is 12.7. The fourth-order valence-corrected chi connectivity index (χ4v) is 5.17. The summed E-state index contributed by atoms with van der Waals surface area (Å²) in [6.45, 7) is 5.85. The Balaban J connectivity index is 1.36. The monoisotopic (exact) mass is 497 g/mol. The molecule has 1 fully saturated rings. The first-order chi connectivity index (χ1) is 18.1. The number of nitrogens with zero attached hydrogens (tertiary/aromatic N) is 3. The minimum atomic E-state index is -0.176. The molecule has 1 aromatic carbocycles. The zero-order chi connectivity index (χ0) is 25.6. The van der Waals surface area contributed by atoms with Crippen LogP contribution in [0.15, 0.2) is 65.8 Å². The molecule has 1 aliphatic heterocycles. The normalized spacial score (nSPS) is 14.6. The van der Waals surface area contributed by atoms with Crippen LogP contribution in [0.3, 0.4) is 0 Å². The summed E-state index contributed by atoms with van der Waals surface area (Å²) in [7, 11) is 1.61. The van der Waals surface area contributed by atoms with Crippen molar-refractivity contribution in [2.75, 3.05) is 32.1 Å². The van der Waals surface area contributed by atoms with Crippen molar-refractivity contribution in [1.82, 2.24) is 19.9 Å². The molecule has 1 saturated heterocycles. The van der Waals surface area contributed by atoms with Crippen molar-refractivity contribution in [2.24, 2.45) is 0 Å². The van der Waals surface area contributed by atoms with Crippen LogP contribution in [0.2, 0.25) is 0 Å². The van der Waals surface area contributed by atoms with Crippen LogP contribution < -0.4 is 15.6 Å². The Labute approximate surface area is 217 Å². The van der Waals surface area contributed by atoms with E-state index >= 15 is 0 Å². The van der Waals surface area contributed by atoms with E-state index in [1.807, 2.05) is 18.2 Å². The number of aromatic nitrogens is 3. The van der Waals surface area contributed by atoms with Crippen LogP contribution in [0, 0.1) is 0 Å². The van der Waals surface area contributed by atoms with Crippen molar-refractivity contribution < 1.29 is 4.74 Å². The third-order valence-corrected chi connectivity index (χ3v) is 7.31. The zero-order valence-electron chi connectivity index (χ0n) is 21.7. The number of H-pyrrole nitrogens is 1. The average molecular weight is 498 g/mol. The highest BCUT2D eigenvalue weighted by Gasteiger charge is 2.20. The molecule has 1 aliphatic rings. The lowest BCUT2D eigenvalue weighted by atomic mass is 9.89. The number of piperidine rings is 1. The number of unbranched alkanes of at least 4 members (excludes halogenated alkanes) is 2. The number of anilines is 2. The van der Waals surface area contributed by atoms with Crippen LogP contribution in [-0.2, 0) is 0 Å². The standard InChI is InChI=1S/C30H35N5O2/c1-3-4-5-14-35-15-11-22(12-16-35)21-6-8-25(9-7-21)33-29-28-23(10-13-32-30(28)36)18-27(34-29)24-17-26(37-2)20-31-19-24/h6-10,13,17-20,22H,3-5,11-12,14-16H2,1-2H3,(H,32,36)(H,33,34). The molecule has 0 radical (unpaired) electrons. The Kier molecular flexibility index (Phi) is 7.80. The smallest absolute Gasteiger partial charge is 0.259 e. The summed E-state index contributed by atoms with van der Waals surface area (Å²) in [5.74, 6) is 1.77. The Morgan fingerprint density at radius 1 is 1.08 bits per heavy atom. The van der Waals surface area contributed by atoms with Crippen LogP contribution in [0.1, 0.15) is 50.5 Å². The lowest BCUT2D eigenvalue weighted by Crippen LogP contribution is -2.33. The molecule has 3 aromatic heterocycles. The van der Waals surface area contributed by atoms with E-state index in [1.165, 1.54) is 57.3 Å². The van der Waals surface area contributed by atoms with E-state index in [4.69, 9.17) is 9.72 Å². The van der Waals surface area contributed by atoms with Crippen molar-refractivity contribution >= 4 is 22.3 Å². The van der Waals surface area contributed by atoms with Gasteiger partial charge in [-0.25, -0.2) is 4.98 Å². The second kappa shape index (κ2) is 11.6. The van der Waals surface area contributed by atoms with Gasteiger partial charge in [-0.1, -0.05) is 31.9 Å². The number of rotatable bonds is 9. The number of methoxy groups -OCH3 is 1. The van der Waals surface area contributed by atoms with Crippen molar-refractivity contribution in [3.05, 3.63) is 77.0 Å². The minimum Gasteiger partial charge on any atom is -0.495 e. The van der Waals surface area contributed by atoms with Crippen LogP contribution in [0.25, 0.3) is 22.0 Å². The van der Waals surface area contributed by atoms with E-state index in [2.05, 4.69) is 51.4 Å². The number of benzene rings is 1. The average Bonchev–Trinajstić information content (AvgIpc) is 2.94. The zero-order valence-corrected chi connectivity index (χ0v) is 21.7. The number of pyridine rings is 3. The third-order valence-electron chi connectivity index (χ3n) is 7.31. The summed E-state index contributed by atoms with van der Waals surface area (Å²) >= 11 is 0. The summed E-state index contributed by atoms with van der Waals surface area (Å²) in [5, 5.41) is 4.74. The van der Waals surface area contributed by atoms with Gasteiger partial charge >= 0.3 is 0 Å². The van der Waals surface area contributed by atoms with Crippen LogP contribution in [0.5, 0.6) is 5.75 Å². The van der Waals surface area contributed by atoms with Gasteiger partial charge in [0.2, 0.25) is 0 Å². The molecule has 7 heteroatoms. The number of likely N-dealkylation sites (tertiary alicyclic amines) is 1. The maximum atomic E-state index is 12.7. The second-order valence-electron chi connectivity index (χ2n) is 9.81. The van der Waals surface area contributed by atoms with Crippen molar-refractivity contribution in [3.8, 4) is 17.0 Å². The van der Waals surface area contributed by atoms with E-state index in [0.29, 0.717) is 28.6 Å². The molecule has 0 atom stereocenters. The highest BCUT2D eigenvalue weighted by Crippen LogP contribution is 2.31. The summed E-state index contributed by atoms with van der Waals surface area (Å²) < 4.78 is 5.33. The topological polar surface area (TPSA) is 83.1 Å². The number of ether oxygens (including phenoxy) is 1. The van der Waals surface area contributed by atoms with Gasteiger partial charge in [-0.15, -0.1) is 0 Å². The van der Waals surface area contributed by atoms with Gasteiger partial charge in [-0.2, -0.15) is 0 Å². The Hall–Kier alpha value is -3.71. The molecule has 5 rings (SSSR count). The first kappa shape index (κ1) is 25.0. The van der Waals surface area contributed by atoms with Gasteiger partial charge in [0.15, 0.2) is 0 Å². The number of fused-ring (bicyclic) bond motifs is 1. The van der Waals surface area contributed by atoms with Gasteiger partial charge in [0.25, 0.3) is 5.56 Å². The van der Waals surface area contributed by atoms with E-state index < -0.39 is 0 Å². The van der Waals surface area contributed by atoms with Gasteiger partial charge in [-0.05, 0) is 86.1 Å². The van der Waals surface area contributed by atoms with E-state index in [9.17, 15) is 4.79 Å². The maximum Gasteiger partial charge on any atom is 0.259 e. The fourth-order valence-electron chi connectivity index (χ4n) is 5.17. The quantitative estimate of drug-likeness (QED) is 0.272. The van der Waals surface area contributed by atoms with Crippen LogP contribution in [-0.4, -0.2) is 46.6 Å². The Morgan fingerprint density at radius 2 is 1.89 bits per heavy atom. The van der Waals surface area contributed by atoms with E-state index in [-0.39, 0.29) is 5.56 Å². The van der Waals surface area contributed by atoms with Crippen LogP contribution in [0.4, 0.5) is 11.5 Å². The highest BCUT2D eigenvalue weighted by atomic mass is 16.5. The molecule has 37 heavy (non-hydrogen) atoms. The van der Waals surface area contributed by atoms with Crippen molar-refractivity contribution in [2.45, 2.75) is 44.9 Å². The van der Waals surface area contributed by atoms with E-state index in [1.54, 1.807) is 25.7 Å². The van der Waals surface area contributed by atoms with Crippen molar-refractivity contribution in [1.29, 1.82) is 0 Å². The fraction of sp³-hybridized carbons (Fsp3) is 0.367. The van der Waals surface area contributed by atoms with Crippen molar-refractivity contribution in [3.63, 3.8) is 0 Å². The van der Waals surface area contributed by atoms with Gasteiger partial charge < -0.3 is 19.9 Å². The Morgan fingerprint density at radius 3 is 2.65 bits per heavy atom. The van der Waals surface area contributed by atoms with Gasteiger partial charge in [0, 0.05) is 23.6 Å². The van der Waals surface area contributed by atoms with Gasteiger partial charge in [0.05, 0.1) is 24.4 Å². The van der Waals surface area contributed by atoms with Gasteiger partial charge in [0.1, 0.15) is 11.6 Å². The minimum absolute atomic E-state index is 0.176. The molecule has 0 spiro atoms. The molecule has 0 unspecified atom stereocenters. The molecule has 0 saturated carbocycles. The number of nitrogens with one attached hydrogen (secondary N) is 2. The first-order valence-electron chi connectivity index (χ1n) is 13.3. The number of hydrogen-bond donors (Lipinski definition) is 2. The van der Waals surface area contributed by atoms with Crippen LogP contribution >= 0.6 is 0 Å². The summed E-state index contributed by atoms with van der Waals surface area (Å²) in [5.41, 5.74) is 3.64. The predicted octanol–water partition coefficient (Wildman–Crippen LogP) is 6.11. The molecule has 192 valence electrons. The molecule has 0 bridgehead atoms. The Bertz CT molecular complexity index is 1390. The molecule has 4 aromatic rings.